The van der Waals surface area contributed by atoms with Crippen LogP contribution in [0.3, 0.4) is 0 Å². The van der Waals surface area contributed by atoms with Crippen LogP contribution in [-0.4, -0.2) is 33.8 Å². The highest BCUT2D eigenvalue weighted by molar-refractivity contribution is 5.12. The fourth-order valence-electron chi connectivity index (χ4n) is 2.78. The molecule has 96 valence electrons. The van der Waals surface area contributed by atoms with Gasteiger partial charge in [0.2, 0.25) is 0 Å². The molecular weight excluding hydrogens is 212 g/mol. The highest BCUT2D eigenvalue weighted by atomic mass is 15.3. The lowest BCUT2D eigenvalue weighted by atomic mass is 10.1. The maximum absolute atomic E-state index is 5.95. The molecule has 0 amide bonds. The summed E-state index contributed by atoms with van der Waals surface area (Å²) in [7, 11) is 0. The first-order valence-electron chi connectivity index (χ1n) is 6.74. The van der Waals surface area contributed by atoms with Crippen LogP contribution in [0.4, 0.5) is 0 Å². The summed E-state index contributed by atoms with van der Waals surface area (Å²) in [6, 6.07) is 0.996. The molecule has 0 aliphatic carbocycles. The van der Waals surface area contributed by atoms with Gasteiger partial charge < -0.3 is 5.73 Å². The number of nitrogens with zero attached hydrogens (tertiary/aromatic N) is 3. The number of rotatable bonds is 5. The number of hydrogen-bond acceptors (Lipinski definition) is 3. The molecular formula is C13H24N4. The van der Waals surface area contributed by atoms with E-state index < -0.39 is 0 Å². The van der Waals surface area contributed by atoms with Crippen molar-refractivity contribution in [3.8, 4) is 0 Å². The Labute approximate surface area is 104 Å². The summed E-state index contributed by atoms with van der Waals surface area (Å²) in [6.07, 6.45) is 7.85. The smallest absolute Gasteiger partial charge is 0.0538 e. The molecule has 0 radical (unpaired) electrons. The van der Waals surface area contributed by atoms with E-state index in [1.54, 1.807) is 0 Å². The second-order valence-corrected chi connectivity index (χ2v) is 5.02. The van der Waals surface area contributed by atoms with Gasteiger partial charge in [0.05, 0.1) is 12.2 Å². The summed E-state index contributed by atoms with van der Waals surface area (Å²) in [4.78, 5) is 2.52. The van der Waals surface area contributed by atoms with Gasteiger partial charge in [0.25, 0.3) is 0 Å². The zero-order valence-corrected chi connectivity index (χ0v) is 11.0. The van der Waals surface area contributed by atoms with E-state index in [-0.39, 0.29) is 0 Å². The topological polar surface area (TPSA) is 47.1 Å². The molecule has 1 aliphatic rings. The van der Waals surface area contributed by atoms with Gasteiger partial charge in [-0.3, -0.25) is 9.58 Å². The van der Waals surface area contributed by atoms with Gasteiger partial charge in [-0.05, 0) is 32.7 Å². The lowest BCUT2D eigenvalue weighted by Crippen LogP contribution is -2.35. The van der Waals surface area contributed by atoms with Gasteiger partial charge in [0.1, 0.15) is 0 Å². The quantitative estimate of drug-likeness (QED) is 0.847. The van der Waals surface area contributed by atoms with E-state index in [0.717, 1.165) is 13.0 Å². The van der Waals surface area contributed by atoms with Gasteiger partial charge in [0.15, 0.2) is 0 Å². The zero-order chi connectivity index (χ0) is 12.3. The van der Waals surface area contributed by atoms with Crippen molar-refractivity contribution >= 4 is 0 Å². The lowest BCUT2D eigenvalue weighted by Gasteiger charge is -2.29. The Morgan fingerprint density at radius 2 is 2.41 bits per heavy atom. The van der Waals surface area contributed by atoms with Crippen molar-refractivity contribution in [2.45, 2.75) is 51.7 Å². The van der Waals surface area contributed by atoms with Gasteiger partial charge in [-0.2, -0.15) is 5.10 Å². The standard InChI is InChI=1S/C13H24N4/c1-3-6-16-10-12(9-15-16)13(8-14)17-7-4-5-11(17)2/h9-11,13H,3-8,14H2,1-2H3. The van der Waals surface area contributed by atoms with Gasteiger partial charge in [-0.15, -0.1) is 0 Å². The highest BCUT2D eigenvalue weighted by Crippen LogP contribution is 2.28. The second-order valence-electron chi connectivity index (χ2n) is 5.02. The number of nitrogens with two attached hydrogens (primary N) is 1. The van der Waals surface area contributed by atoms with Crippen LogP contribution < -0.4 is 5.73 Å². The largest absolute Gasteiger partial charge is 0.329 e. The van der Waals surface area contributed by atoms with E-state index in [1.807, 2.05) is 10.9 Å². The number of hydrogen-bond donors (Lipinski definition) is 1. The summed E-state index contributed by atoms with van der Waals surface area (Å²) in [5, 5.41) is 4.41. The minimum Gasteiger partial charge on any atom is -0.329 e. The third-order valence-electron chi connectivity index (χ3n) is 3.72. The molecule has 1 saturated heterocycles. The van der Waals surface area contributed by atoms with E-state index in [2.05, 4.69) is 30.0 Å². The molecule has 2 heterocycles. The van der Waals surface area contributed by atoms with Crippen LogP contribution in [-0.2, 0) is 6.54 Å². The van der Waals surface area contributed by atoms with Crippen LogP contribution in [0.5, 0.6) is 0 Å². The molecule has 17 heavy (non-hydrogen) atoms. The second kappa shape index (κ2) is 5.65. The minimum atomic E-state index is 0.345. The van der Waals surface area contributed by atoms with Crippen molar-refractivity contribution in [1.29, 1.82) is 0 Å². The third-order valence-corrected chi connectivity index (χ3v) is 3.72. The summed E-state index contributed by atoms with van der Waals surface area (Å²) < 4.78 is 2.03. The van der Waals surface area contributed by atoms with Gasteiger partial charge in [-0.1, -0.05) is 6.92 Å². The van der Waals surface area contributed by atoms with Crippen molar-refractivity contribution in [2.24, 2.45) is 5.73 Å². The lowest BCUT2D eigenvalue weighted by molar-refractivity contribution is 0.195. The third kappa shape index (κ3) is 2.69. The Hall–Kier alpha value is -0.870. The highest BCUT2D eigenvalue weighted by Gasteiger charge is 2.28. The molecule has 2 atom stereocenters. The molecule has 0 saturated carbocycles. The maximum Gasteiger partial charge on any atom is 0.0538 e. The predicted octanol–water partition coefficient (Wildman–Crippen LogP) is 1.78. The van der Waals surface area contributed by atoms with Crippen LogP contribution >= 0.6 is 0 Å². The van der Waals surface area contributed by atoms with Crippen LogP contribution in [0.25, 0.3) is 0 Å². The fourth-order valence-corrected chi connectivity index (χ4v) is 2.78. The van der Waals surface area contributed by atoms with Gasteiger partial charge in [-0.25, -0.2) is 0 Å². The first-order valence-corrected chi connectivity index (χ1v) is 6.74. The Balaban J connectivity index is 2.10. The van der Waals surface area contributed by atoms with Crippen LogP contribution in [0.2, 0.25) is 0 Å². The Bertz CT molecular complexity index is 347. The molecule has 2 rings (SSSR count). The van der Waals surface area contributed by atoms with E-state index in [9.17, 15) is 0 Å². The molecule has 0 bridgehead atoms. The van der Waals surface area contributed by atoms with Gasteiger partial charge >= 0.3 is 0 Å². The number of aryl methyl sites for hydroxylation is 1. The molecule has 4 nitrogen and oxygen atoms in total. The average Bonchev–Trinajstić information content (AvgIpc) is 2.92. The summed E-state index contributed by atoms with van der Waals surface area (Å²) >= 11 is 0. The Morgan fingerprint density at radius 1 is 1.59 bits per heavy atom. The maximum atomic E-state index is 5.95. The monoisotopic (exact) mass is 236 g/mol. The summed E-state index contributed by atoms with van der Waals surface area (Å²) in [5.41, 5.74) is 7.22. The summed E-state index contributed by atoms with van der Waals surface area (Å²) in [6.45, 7) is 7.31. The number of likely N-dealkylation sites (tertiary alicyclic amines) is 1. The molecule has 4 heteroatoms. The van der Waals surface area contributed by atoms with Crippen molar-refractivity contribution in [1.82, 2.24) is 14.7 Å². The Morgan fingerprint density at radius 3 is 3.00 bits per heavy atom. The molecule has 0 spiro atoms. The minimum absolute atomic E-state index is 0.345. The number of aromatic nitrogens is 2. The fraction of sp³-hybridized carbons (Fsp3) is 0.769. The molecule has 1 fully saturated rings. The van der Waals surface area contributed by atoms with Crippen LogP contribution in [0.15, 0.2) is 12.4 Å². The predicted molar refractivity (Wildman–Crippen MR) is 69.7 cm³/mol. The van der Waals surface area contributed by atoms with E-state index >= 15 is 0 Å². The zero-order valence-electron chi connectivity index (χ0n) is 11.0. The van der Waals surface area contributed by atoms with Crippen LogP contribution in [0, 0.1) is 0 Å². The summed E-state index contributed by atoms with van der Waals surface area (Å²) in [5.74, 6) is 0. The first-order chi connectivity index (χ1) is 8.26. The van der Waals surface area contributed by atoms with Gasteiger partial charge in [0, 0.05) is 30.9 Å². The van der Waals surface area contributed by atoms with Crippen LogP contribution in [0.1, 0.15) is 44.7 Å². The SMILES string of the molecule is CCCn1cc(C(CN)N2CCCC2C)cn1. The van der Waals surface area contributed by atoms with Crippen molar-refractivity contribution in [3.63, 3.8) is 0 Å². The molecule has 1 aromatic rings. The normalized spacial score (nSPS) is 23.1. The van der Waals surface area contributed by atoms with E-state index in [4.69, 9.17) is 5.73 Å². The van der Waals surface area contributed by atoms with E-state index in [1.165, 1.54) is 24.9 Å². The average molecular weight is 236 g/mol. The molecule has 1 aliphatic heterocycles. The molecule has 2 N–H and O–H groups in total. The molecule has 0 aromatic carbocycles. The first kappa shape index (κ1) is 12.6. The molecule has 2 unspecified atom stereocenters. The van der Waals surface area contributed by atoms with Crippen molar-refractivity contribution in [2.75, 3.05) is 13.1 Å². The van der Waals surface area contributed by atoms with E-state index in [0.29, 0.717) is 18.6 Å². The Kier molecular flexibility index (Phi) is 4.18. The van der Waals surface area contributed by atoms with Crippen molar-refractivity contribution in [3.05, 3.63) is 18.0 Å². The molecule has 1 aromatic heterocycles. The van der Waals surface area contributed by atoms with Crippen molar-refractivity contribution < 1.29 is 0 Å².